The van der Waals surface area contributed by atoms with Crippen molar-refractivity contribution in [3.8, 4) is 0 Å². The lowest BCUT2D eigenvalue weighted by atomic mass is 9.90. The van der Waals surface area contributed by atoms with E-state index in [0.29, 0.717) is 0 Å². The van der Waals surface area contributed by atoms with Gasteiger partial charge in [0.15, 0.2) is 0 Å². The maximum absolute atomic E-state index is 5.82. The van der Waals surface area contributed by atoms with Gasteiger partial charge in [-0.25, -0.2) is 0 Å². The van der Waals surface area contributed by atoms with Crippen LogP contribution in [0.5, 0.6) is 0 Å². The first-order valence-corrected chi connectivity index (χ1v) is 5.00. The van der Waals surface area contributed by atoms with E-state index >= 15 is 0 Å². The van der Waals surface area contributed by atoms with E-state index < -0.39 is 0 Å². The molecule has 0 saturated heterocycles. The third-order valence-electron chi connectivity index (χ3n) is 2.43. The Hall–Kier alpha value is -0.500. The molecular formula is C9H13NS. The Morgan fingerprint density at radius 3 is 3.27 bits per heavy atom. The first-order chi connectivity index (χ1) is 5.27. The van der Waals surface area contributed by atoms with Crippen LogP contribution in [0.3, 0.4) is 0 Å². The van der Waals surface area contributed by atoms with Crippen LogP contribution >= 0.6 is 11.3 Å². The lowest BCUT2D eigenvalue weighted by Gasteiger charge is -2.17. The van der Waals surface area contributed by atoms with Crippen molar-refractivity contribution in [2.24, 2.45) is 5.92 Å². The predicted octanol–water partition coefficient (Wildman–Crippen LogP) is 2.46. The second-order valence-corrected chi connectivity index (χ2v) is 4.40. The van der Waals surface area contributed by atoms with Gasteiger partial charge in [0.05, 0.1) is 0 Å². The number of nitrogen functional groups attached to an aromatic ring is 1. The first-order valence-electron chi connectivity index (χ1n) is 4.12. The Bertz CT molecular complexity index is 265. The van der Waals surface area contributed by atoms with Gasteiger partial charge in [-0.3, -0.25) is 0 Å². The molecule has 2 rings (SSSR count). The van der Waals surface area contributed by atoms with Crippen LogP contribution in [0.15, 0.2) is 5.38 Å². The minimum Gasteiger partial charge on any atom is -0.398 e. The number of hydrogen-bond donors (Lipinski definition) is 1. The lowest BCUT2D eigenvalue weighted by molar-refractivity contribution is 0.508. The molecule has 2 N–H and O–H groups in total. The molecule has 0 fully saturated rings. The van der Waals surface area contributed by atoms with E-state index in [1.807, 2.05) is 11.3 Å². The topological polar surface area (TPSA) is 26.0 Å². The molecule has 1 nitrogen and oxygen atoms in total. The number of hydrogen-bond acceptors (Lipinski definition) is 2. The molecule has 0 bridgehead atoms. The van der Waals surface area contributed by atoms with Gasteiger partial charge in [0.2, 0.25) is 0 Å². The van der Waals surface area contributed by atoms with Gasteiger partial charge < -0.3 is 5.73 Å². The molecule has 2 heteroatoms. The normalized spacial score (nSPS) is 23.2. The fourth-order valence-corrected chi connectivity index (χ4v) is 2.86. The summed E-state index contributed by atoms with van der Waals surface area (Å²) in [6.45, 7) is 2.32. The smallest absolute Gasteiger partial charge is 0.0458 e. The maximum Gasteiger partial charge on any atom is 0.0458 e. The van der Waals surface area contributed by atoms with Crippen molar-refractivity contribution in [1.29, 1.82) is 0 Å². The van der Waals surface area contributed by atoms with Crippen LogP contribution < -0.4 is 5.73 Å². The highest BCUT2D eigenvalue weighted by Crippen LogP contribution is 2.33. The van der Waals surface area contributed by atoms with Gasteiger partial charge >= 0.3 is 0 Å². The summed E-state index contributed by atoms with van der Waals surface area (Å²) in [5, 5.41) is 2.09. The molecule has 0 saturated carbocycles. The van der Waals surface area contributed by atoms with Crippen LogP contribution in [0.25, 0.3) is 0 Å². The summed E-state index contributed by atoms with van der Waals surface area (Å²) in [5.41, 5.74) is 8.28. The van der Waals surface area contributed by atoms with Crippen LogP contribution in [0, 0.1) is 5.92 Å². The molecule has 0 radical (unpaired) electrons. The average molecular weight is 167 g/mol. The molecule has 11 heavy (non-hydrogen) atoms. The Morgan fingerprint density at radius 1 is 1.64 bits per heavy atom. The molecular weight excluding hydrogens is 154 g/mol. The summed E-state index contributed by atoms with van der Waals surface area (Å²) < 4.78 is 0. The molecule has 0 spiro atoms. The number of nitrogens with two attached hydrogens (primary N) is 1. The highest BCUT2D eigenvalue weighted by atomic mass is 32.1. The molecule has 1 atom stereocenters. The summed E-state index contributed by atoms with van der Waals surface area (Å²) in [6.07, 6.45) is 3.76. The molecule has 0 amide bonds. The Morgan fingerprint density at radius 2 is 2.45 bits per heavy atom. The fraction of sp³-hybridized carbons (Fsp3) is 0.556. The molecule has 1 aliphatic carbocycles. The van der Waals surface area contributed by atoms with Crippen molar-refractivity contribution in [2.45, 2.75) is 26.2 Å². The second-order valence-electron chi connectivity index (χ2n) is 3.44. The van der Waals surface area contributed by atoms with E-state index in [1.165, 1.54) is 29.7 Å². The van der Waals surface area contributed by atoms with Gasteiger partial charge in [0, 0.05) is 15.9 Å². The molecule has 1 unspecified atom stereocenters. The molecule has 1 aliphatic rings. The van der Waals surface area contributed by atoms with E-state index in [0.717, 1.165) is 11.6 Å². The van der Waals surface area contributed by atoms with Gasteiger partial charge in [0.1, 0.15) is 0 Å². The SMILES string of the molecule is CC1CCc2c(N)csc2C1. The quantitative estimate of drug-likeness (QED) is 0.631. The van der Waals surface area contributed by atoms with Crippen molar-refractivity contribution in [3.05, 3.63) is 15.8 Å². The zero-order valence-electron chi connectivity index (χ0n) is 6.76. The monoisotopic (exact) mass is 167 g/mol. The van der Waals surface area contributed by atoms with Crippen LogP contribution in [-0.4, -0.2) is 0 Å². The van der Waals surface area contributed by atoms with Crippen molar-refractivity contribution < 1.29 is 0 Å². The van der Waals surface area contributed by atoms with Gasteiger partial charge in [-0.2, -0.15) is 0 Å². The van der Waals surface area contributed by atoms with Gasteiger partial charge in [-0.05, 0) is 30.7 Å². The zero-order valence-corrected chi connectivity index (χ0v) is 7.58. The number of thiophene rings is 1. The number of fused-ring (bicyclic) bond motifs is 1. The van der Waals surface area contributed by atoms with E-state index in [-0.39, 0.29) is 0 Å². The number of anilines is 1. The highest BCUT2D eigenvalue weighted by Gasteiger charge is 2.18. The first kappa shape index (κ1) is 7.17. The molecule has 0 aliphatic heterocycles. The zero-order chi connectivity index (χ0) is 7.84. The molecule has 1 aromatic rings. The lowest BCUT2D eigenvalue weighted by Crippen LogP contribution is -2.09. The van der Waals surface area contributed by atoms with Crippen molar-refractivity contribution in [1.82, 2.24) is 0 Å². The predicted molar refractivity (Wildman–Crippen MR) is 49.9 cm³/mol. The van der Waals surface area contributed by atoms with Crippen molar-refractivity contribution >= 4 is 17.0 Å². The van der Waals surface area contributed by atoms with Gasteiger partial charge in [0.25, 0.3) is 0 Å². The Kier molecular flexibility index (Phi) is 1.64. The number of rotatable bonds is 0. The van der Waals surface area contributed by atoms with E-state index in [2.05, 4.69) is 12.3 Å². The van der Waals surface area contributed by atoms with Crippen molar-refractivity contribution in [2.75, 3.05) is 5.73 Å². The van der Waals surface area contributed by atoms with Crippen LogP contribution in [0.2, 0.25) is 0 Å². The summed E-state index contributed by atoms with van der Waals surface area (Å²) in [4.78, 5) is 1.53. The second kappa shape index (κ2) is 2.52. The van der Waals surface area contributed by atoms with E-state index in [9.17, 15) is 0 Å². The average Bonchev–Trinajstić information content (AvgIpc) is 2.32. The minimum atomic E-state index is 0.862. The van der Waals surface area contributed by atoms with Crippen LogP contribution in [0.1, 0.15) is 23.8 Å². The third kappa shape index (κ3) is 1.16. The van der Waals surface area contributed by atoms with Crippen LogP contribution in [-0.2, 0) is 12.8 Å². The highest BCUT2D eigenvalue weighted by molar-refractivity contribution is 7.10. The van der Waals surface area contributed by atoms with Crippen LogP contribution in [0.4, 0.5) is 5.69 Å². The molecule has 0 aromatic carbocycles. The van der Waals surface area contributed by atoms with E-state index in [4.69, 9.17) is 5.73 Å². The van der Waals surface area contributed by atoms with Gasteiger partial charge in [-0.15, -0.1) is 11.3 Å². The summed E-state index contributed by atoms with van der Waals surface area (Å²) in [6, 6.07) is 0. The summed E-state index contributed by atoms with van der Waals surface area (Å²) >= 11 is 1.83. The Labute approximate surface area is 71.2 Å². The van der Waals surface area contributed by atoms with E-state index in [1.54, 1.807) is 0 Å². The largest absolute Gasteiger partial charge is 0.398 e. The third-order valence-corrected chi connectivity index (χ3v) is 3.50. The summed E-state index contributed by atoms with van der Waals surface area (Å²) in [7, 11) is 0. The summed E-state index contributed by atoms with van der Waals surface area (Å²) in [5.74, 6) is 0.862. The Balaban J connectivity index is 2.36. The maximum atomic E-state index is 5.82. The molecule has 1 heterocycles. The minimum absolute atomic E-state index is 0.862. The standard InChI is InChI=1S/C9H13NS/c1-6-2-3-7-8(10)5-11-9(7)4-6/h5-6H,2-4,10H2,1H3. The van der Waals surface area contributed by atoms with Gasteiger partial charge in [-0.1, -0.05) is 6.92 Å². The van der Waals surface area contributed by atoms with Crippen molar-refractivity contribution in [3.63, 3.8) is 0 Å². The molecule has 1 aromatic heterocycles. The fourth-order valence-electron chi connectivity index (χ4n) is 1.70. The molecule has 60 valence electrons.